The van der Waals surface area contributed by atoms with Crippen LogP contribution in [-0.4, -0.2) is 98.7 Å². The molecule has 4 N–H and O–H groups in total. The second kappa shape index (κ2) is 10.9. The van der Waals surface area contributed by atoms with Crippen molar-refractivity contribution in [1.82, 2.24) is 30.4 Å². The fraction of sp³-hybridized carbons (Fsp3) is 0.562. The van der Waals surface area contributed by atoms with Crippen molar-refractivity contribution in [2.24, 2.45) is 5.73 Å². The Morgan fingerprint density at radius 2 is 2.06 bits per heavy atom. The molecule has 35 heavy (non-hydrogen) atoms. The third kappa shape index (κ3) is 6.72. The number of β-lactam (4-membered cyclic amide) rings is 1. The van der Waals surface area contributed by atoms with E-state index in [1.807, 2.05) is 0 Å². The van der Waals surface area contributed by atoms with Gasteiger partial charge in [0.1, 0.15) is 28.6 Å². The maximum atomic E-state index is 12.6. The molecule has 0 spiro atoms. The number of nitrogens with two attached hydrogens (primary N) is 1. The molecule has 0 aliphatic carbocycles. The normalized spacial score (nSPS) is 20.8. The first-order valence-corrected chi connectivity index (χ1v) is 13.2. The highest BCUT2D eigenvalue weighted by Gasteiger charge is 2.54. The van der Waals surface area contributed by atoms with Crippen LogP contribution in [0, 0.1) is 0 Å². The van der Waals surface area contributed by atoms with Crippen LogP contribution in [0.3, 0.4) is 0 Å². The van der Waals surface area contributed by atoms with E-state index in [0.717, 1.165) is 28.4 Å². The SMILES string of the molecule is NC(=O)CCn1nnnc1SCC1=C(C(=O)O)N2C(=O)C(NC(=O)CS(=O)CC(F)(F)F)C2SC1. The molecule has 3 atom stereocenters. The number of amides is 3. The van der Waals surface area contributed by atoms with Crippen LogP contribution >= 0.6 is 23.5 Å². The fourth-order valence-corrected chi connectivity index (χ4v) is 6.43. The molecule has 0 radical (unpaired) electrons. The number of nitrogens with one attached hydrogen (secondary N) is 1. The van der Waals surface area contributed by atoms with Crippen LogP contribution in [0.2, 0.25) is 0 Å². The zero-order valence-electron chi connectivity index (χ0n) is 17.6. The summed E-state index contributed by atoms with van der Waals surface area (Å²) in [6.07, 6.45) is -4.70. The van der Waals surface area contributed by atoms with E-state index in [-0.39, 0.29) is 30.2 Å². The van der Waals surface area contributed by atoms with Gasteiger partial charge >= 0.3 is 12.1 Å². The Morgan fingerprint density at radius 3 is 2.69 bits per heavy atom. The van der Waals surface area contributed by atoms with Crippen LogP contribution < -0.4 is 11.1 Å². The molecule has 1 aromatic rings. The topological polar surface area (TPSA) is 190 Å². The number of primary amides is 1. The van der Waals surface area contributed by atoms with Gasteiger partial charge in [-0.1, -0.05) is 11.8 Å². The number of carboxylic acids is 1. The van der Waals surface area contributed by atoms with E-state index in [0.29, 0.717) is 10.7 Å². The van der Waals surface area contributed by atoms with Gasteiger partial charge in [0.05, 0.1) is 6.54 Å². The van der Waals surface area contributed by atoms with Crippen LogP contribution in [-0.2, 0) is 36.5 Å². The molecule has 19 heteroatoms. The van der Waals surface area contributed by atoms with Crippen LogP contribution in [0.4, 0.5) is 13.2 Å². The van der Waals surface area contributed by atoms with Crippen molar-refractivity contribution in [3.63, 3.8) is 0 Å². The summed E-state index contributed by atoms with van der Waals surface area (Å²) in [6, 6.07) is -1.15. The highest BCUT2D eigenvalue weighted by Crippen LogP contribution is 2.41. The molecule has 1 aromatic heterocycles. The molecule has 0 aromatic carbocycles. The molecule has 1 saturated heterocycles. The molecule has 1 fully saturated rings. The second-order valence-electron chi connectivity index (χ2n) is 7.25. The molecule has 3 heterocycles. The standard InChI is InChI=1S/C16H18F3N7O6S3/c17-16(18,19)6-35(32)5-9(28)21-10-12(29)26-11(14(30)31)7(3-33-13(10)26)4-34-15-22-23-24-25(15)2-1-8(20)27/h10,13H,1-6H2,(H2,20,27)(H,21,28)(H,30,31). The molecule has 3 amide bonds. The maximum Gasteiger partial charge on any atom is 0.400 e. The number of nitrogens with zero attached hydrogens (tertiary/aromatic N) is 5. The lowest BCUT2D eigenvalue weighted by Crippen LogP contribution is -2.70. The van der Waals surface area contributed by atoms with Gasteiger partial charge in [0.2, 0.25) is 17.0 Å². The van der Waals surface area contributed by atoms with Crippen molar-refractivity contribution in [2.75, 3.05) is 23.0 Å². The third-order valence-electron chi connectivity index (χ3n) is 4.63. The molecule has 3 unspecified atom stereocenters. The van der Waals surface area contributed by atoms with Gasteiger partial charge in [-0.25, -0.2) is 9.48 Å². The first-order chi connectivity index (χ1) is 16.4. The summed E-state index contributed by atoms with van der Waals surface area (Å²) >= 11 is 2.25. The van der Waals surface area contributed by atoms with Crippen molar-refractivity contribution in [1.29, 1.82) is 0 Å². The number of hydrogen-bond acceptors (Lipinski definition) is 10. The van der Waals surface area contributed by atoms with Gasteiger partial charge in [-0.05, 0) is 16.0 Å². The third-order valence-corrected chi connectivity index (χ3v) is 8.24. The van der Waals surface area contributed by atoms with E-state index in [9.17, 15) is 41.7 Å². The van der Waals surface area contributed by atoms with Crippen molar-refractivity contribution in [3.05, 3.63) is 11.3 Å². The van der Waals surface area contributed by atoms with Crippen LogP contribution in [0.15, 0.2) is 16.4 Å². The molecular formula is C16H18F3N7O6S3. The molecule has 13 nitrogen and oxygen atoms in total. The number of rotatable bonds is 11. The van der Waals surface area contributed by atoms with Gasteiger partial charge in [-0.15, -0.1) is 16.9 Å². The molecule has 0 saturated carbocycles. The summed E-state index contributed by atoms with van der Waals surface area (Å²) in [5, 5.41) is 22.5. The van der Waals surface area contributed by atoms with Gasteiger partial charge in [0.25, 0.3) is 5.91 Å². The molecule has 2 aliphatic heterocycles. The minimum absolute atomic E-state index is 0.00160. The van der Waals surface area contributed by atoms with Gasteiger partial charge in [0.15, 0.2) is 0 Å². The predicted molar refractivity (Wildman–Crippen MR) is 116 cm³/mol. The smallest absolute Gasteiger partial charge is 0.400 e. The van der Waals surface area contributed by atoms with E-state index in [1.54, 1.807) is 0 Å². The monoisotopic (exact) mass is 557 g/mol. The minimum Gasteiger partial charge on any atom is -0.477 e. The largest absolute Gasteiger partial charge is 0.477 e. The van der Waals surface area contributed by atoms with Gasteiger partial charge in [-0.2, -0.15) is 13.2 Å². The quantitative estimate of drug-likeness (QED) is 0.216. The molecule has 3 rings (SSSR count). The Balaban J connectivity index is 1.64. The van der Waals surface area contributed by atoms with E-state index < -0.39 is 63.6 Å². The lowest BCUT2D eigenvalue weighted by Gasteiger charge is -2.49. The van der Waals surface area contributed by atoms with E-state index in [4.69, 9.17) is 5.73 Å². The number of aromatic nitrogens is 4. The number of fused-ring (bicyclic) bond motifs is 1. The summed E-state index contributed by atoms with van der Waals surface area (Å²) in [5.74, 6) is -5.97. The highest BCUT2D eigenvalue weighted by molar-refractivity contribution is 8.01. The fourth-order valence-electron chi connectivity index (χ4n) is 3.20. The van der Waals surface area contributed by atoms with Crippen LogP contribution in [0.25, 0.3) is 0 Å². The molecule has 192 valence electrons. The van der Waals surface area contributed by atoms with E-state index in [2.05, 4.69) is 20.8 Å². The Morgan fingerprint density at radius 1 is 1.34 bits per heavy atom. The highest BCUT2D eigenvalue weighted by atomic mass is 32.2. The number of thioether (sulfide) groups is 2. The Bertz CT molecular complexity index is 1100. The lowest BCUT2D eigenvalue weighted by molar-refractivity contribution is -0.150. The zero-order chi connectivity index (χ0) is 25.9. The number of tetrazole rings is 1. The number of hydrogen-bond donors (Lipinski definition) is 3. The molecule has 2 aliphatic rings. The van der Waals surface area contributed by atoms with Crippen molar-refractivity contribution in [2.45, 2.75) is 35.7 Å². The number of aryl methyl sites for hydroxylation is 1. The zero-order valence-corrected chi connectivity index (χ0v) is 20.0. The predicted octanol–water partition coefficient (Wildman–Crippen LogP) is -1.31. The molecule has 0 bridgehead atoms. The summed E-state index contributed by atoms with van der Waals surface area (Å²) in [4.78, 5) is 48.5. The summed E-state index contributed by atoms with van der Waals surface area (Å²) < 4.78 is 49.7. The van der Waals surface area contributed by atoms with Crippen molar-refractivity contribution in [3.8, 4) is 0 Å². The van der Waals surface area contributed by atoms with Gasteiger partial charge < -0.3 is 16.2 Å². The van der Waals surface area contributed by atoms with E-state index in [1.165, 1.54) is 4.68 Å². The van der Waals surface area contributed by atoms with Crippen LogP contribution in [0.1, 0.15) is 6.42 Å². The average Bonchev–Trinajstić information content (AvgIpc) is 3.19. The van der Waals surface area contributed by atoms with Gasteiger partial charge in [-0.3, -0.25) is 23.5 Å². The maximum absolute atomic E-state index is 12.6. The minimum atomic E-state index is -4.70. The average molecular weight is 558 g/mol. The Labute approximate surface area is 205 Å². The number of aliphatic carboxylic acids is 1. The number of carbonyl (C=O) groups excluding carboxylic acids is 3. The Kier molecular flexibility index (Phi) is 8.42. The van der Waals surface area contributed by atoms with Crippen molar-refractivity contribution < 1.29 is 41.7 Å². The first-order valence-electron chi connectivity index (χ1n) is 9.65. The Hall–Kier alpha value is -2.67. The first kappa shape index (κ1) is 26.9. The summed E-state index contributed by atoms with van der Waals surface area (Å²) in [5.41, 5.74) is 5.23. The van der Waals surface area contributed by atoms with Gasteiger partial charge in [0, 0.05) is 28.7 Å². The number of carboxylic acid groups (broad SMARTS) is 1. The molecular weight excluding hydrogens is 539 g/mol. The summed E-state index contributed by atoms with van der Waals surface area (Å²) in [7, 11) is -2.50. The summed E-state index contributed by atoms with van der Waals surface area (Å²) in [6.45, 7) is 0.131. The number of alkyl halides is 3. The van der Waals surface area contributed by atoms with E-state index >= 15 is 0 Å². The lowest BCUT2D eigenvalue weighted by atomic mass is 10.0. The number of carbonyl (C=O) groups is 4. The number of halogens is 3. The van der Waals surface area contributed by atoms with Crippen LogP contribution in [0.5, 0.6) is 0 Å². The second-order valence-corrected chi connectivity index (χ2v) is 10.8. The van der Waals surface area contributed by atoms with Crippen molar-refractivity contribution >= 4 is 58.0 Å².